The molecule has 0 bridgehead atoms. The molecule has 2 aliphatic heterocycles. The van der Waals surface area contributed by atoms with E-state index in [1.165, 1.54) is 19.2 Å². The summed E-state index contributed by atoms with van der Waals surface area (Å²) < 4.78 is 31.9. The molecule has 4 rings (SSSR count). The van der Waals surface area contributed by atoms with Crippen molar-refractivity contribution in [1.82, 2.24) is 4.31 Å². The number of likely N-dealkylation sites (N-methyl/N-ethyl adjacent to an activating group) is 1. The Labute approximate surface area is 151 Å². The summed E-state index contributed by atoms with van der Waals surface area (Å²) in [6, 6.07) is 9.58. The van der Waals surface area contributed by atoms with E-state index >= 15 is 0 Å². The minimum atomic E-state index is -3.91. The molecule has 2 aliphatic rings. The molecule has 0 fully saturated rings. The van der Waals surface area contributed by atoms with Gasteiger partial charge in [-0.05, 0) is 48.7 Å². The normalized spacial score (nSPS) is 21.4. The maximum absolute atomic E-state index is 13.0. The highest BCUT2D eigenvalue weighted by molar-refractivity contribution is 7.89. The third-order valence-corrected chi connectivity index (χ3v) is 6.74. The van der Waals surface area contributed by atoms with Gasteiger partial charge in [0.05, 0.1) is 11.5 Å². The van der Waals surface area contributed by atoms with Crippen molar-refractivity contribution < 1.29 is 22.7 Å². The molecule has 26 heavy (non-hydrogen) atoms. The van der Waals surface area contributed by atoms with E-state index in [0.29, 0.717) is 12.2 Å². The summed E-state index contributed by atoms with van der Waals surface area (Å²) in [6.07, 6.45) is 1.64. The van der Waals surface area contributed by atoms with Crippen LogP contribution in [0.2, 0.25) is 0 Å². The number of rotatable bonds is 2. The molecule has 2 aromatic rings. The van der Waals surface area contributed by atoms with E-state index in [4.69, 9.17) is 4.74 Å². The molecule has 0 aliphatic carbocycles. The van der Waals surface area contributed by atoms with Crippen LogP contribution in [0.25, 0.3) is 0 Å². The monoisotopic (exact) mass is 371 g/mol. The lowest BCUT2D eigenvalue weighted by Gasteiger charge is -2.31. The highest BCUT2D eigenvalue weighted by Gasteiger charge is 2.45. The summed E-state index contributed by atoms with van der Waals surface area (Å²) in [7, 11) is -2.64. The van der Waals surface area contributed by atoms with E-state index in [9.17, 15) is 18.0 Å². The van der Waals surface area contributed by atoms with Gasteiger partial charge in [0.2, 0.25) is 10.0 Å². The van der Waals surface area contributed by atoms with E-state index in [1.54, 1.807) is 30.3 Å². The fourth-order valence-corrected chi connectivity index (χ4v) is 4.93. The van der Waals surface area contributed by atoms with Crippen LogP contribution in [0, 0.1) is 0 Å². The average molecular weight is 371 g/mol. The Balaban J connectivity index is 1.78. The van der Waals surface area contributed by atoms with Gasteiger partial charge in [-0.25, -0.2) is 8.42 Å². The average Bonchev–Trinajstić information content (AvgIpc) is 2.66. The predicted molar refractivity (Wildman–Crippen MR) is 94.1 cm³/mol. The molecular formula is C19H17NO5S. The Morgan fingerprint density at radius 2 is 1.96 bits per heavy atom. The standard InChI is InChI=1S/C19H17NO5S/c1-20-17(19(22)14-6-2-3-7-16(14)26(20,23)24)18(21)13-8-9-15-12(11-13)5-4-10-25-15/h2-3,6-9,11,17H,4-5,10H2,1H3. The van der Waals surface area contributed by atoms with Gasteiger partial charge >= 0.3 is 0 Å². The number of benzene rings is 2. The number of sulfonamides is 1. The van der Waals surface area contributed by atoms with E-state index in [-0.39, 0.29) is 10.5 Å². The number of hydrogen-bond donors (Lipinski definition) is 0. The van der Waals surface area contributed by atoms with E-state index in [2.05, 4.69) is 0 Å². The Bertz CT molecular complexity index is 1030. The lowest BCUT2D eigenvalue weighted by atomic mass is 9.94. The minimum Gasteiger partial charge on any atom is -0.493 e. The molecule has 0 saturated carbocycles. The minimum absolute atomic E-state index is 0.0598. The van der Waals surface area contributed by atoms with Gasteiger partial charge in [0.1, 0.15) is 5.75 Å². The fourth-order valence-electron chi connectivity index (χ4n) is 3.46. The van der Waals surface area contributed by atoms with Gasteiger partial charge in [-0.2, -0.15) is 4.31 Å². The number of hydrogen-bond acceptors (Lipinski definition) is 5. The van der Waals surface area contributed by atoms with Crippen molar-refractivity contribution in [1.29, 1.82) is 0 Å². The summed E-state index contributed by atoms with van der Waals surface area (Å²) in [5.74, 6) is -0.296. The lowest BCUT2D eigenvalue weighted by molar-refractivity contribution is 0.0784. The Morgan fingerprint density at radius 3 is 2.77 bits per heavy atom. The molecule has 0 spiro atoms. The highest BCUT2D eigenvalue weighted by Crippen LogP contribution is 2.32. The smallest absolute Gasteiger partial charge is 0.244 e. The second kappa shape index (κ2) is 6.03. The lowest BCUT2D eigenvalue weighted by Crippen LogP contribution is -2.51. The first-order valence-corrected chi connectivity index (χ1v) is 9.76. The van der Waals surface area contributed by atoms with Gasteiger partial charge in [0, 0.05) is 18.2 Å². The van der Waals surface area contributed by atoms with E-state index < -0.39 is 27.6 Å². The molecule has 2 aromatic carbocycles. The number of fused-ring (bicyclic) bond motifs is 2. The first-order valence-electron chi connectivity index (χ1n) is 8.32. The van der Waals surface area contributed by atoms with E-state index in [1.807, 2.05) is 0 Å². The summed E-state index contributed by atoms with van der Waals surface area (Å²) in [5, 5.41) is 0. The van der Waals surface area contributed by atoms with Crippen molar-refractivity contribution >= 4 is 21.6 Å². The second-order valence-electron chi connectivity index (χ2n) is 6.42. The van der Waals surface area contributed by atoms with Crippen LogP contribution < -0.4 is 4.74 Å². The zero-order chi connectivity index (χ0) is 18.5. The molecular weight excluding hydrogens is 354 g/mol. The summed E-state index contributed by atoms with van der Waals surface area (Å²) in [5.41, 5.74) is 1.27. The third kappa shape index (κ3) is 2.47. The Kier molecular flexibility index (Phi) is 3.93. The van der Waals surface area contributed by atoms with Crippen LogP contribution in [-0.4, -0.2) is 44.0 Å². The molecule has 0 radical (unpaired) electrons. The van der Waals surface area contributed by atoms with Crippen molar-refractivity contribution in [3.05, 3.63) is 59.2 Å². The zero-order valence-electron chi connectivity index (χ0n) is 14.1. The van der Waals surface area contributed by atoms with Gasteiger partial charge in [0.15, 0.2) is 17.6 Å². The van der Waals surface area contributed by atoms with Gasteiger partial charge in [-0.3, -0.25) is 9.59 Å². The highest BCUT2D eigenvalue weighted by atomic mass is 32.2. The Hall–Kier alpha value is -2.51. The van der Waals surface area contributed by atoms with Crippen LogP contribution in [-0.2, 0) is 16.4 Å². The van der Waals surface area contributed by atoms with Crippen LogP contribution in [0.3, 0.4) is 0 Å². The third-order valence-electron chi connectivity index (χ3n) is 4.86. The van der Waals surface area contributed by atoms with Gasteiger partial charge in [0.25, 0.3) is 0 Å². The van der Waals surface area contributed by atoms with Gasteiger partial charge in [-0.15, -0.1) is 0 Å². The van der Waals surface area contributed by atoms with Crippen molar-refractivity contribution in [2.75, 3.05) is 13.7 Å². The maximum Gasteiger partial charge on any atom is 0.244 e. The van der Waals surface area contributed by atoms with Crippen molar-refractivity contribution in [2.45, 2.75) is 23.8 Å². The first-order chi connectivity index (χ1) is 12.4. The van der Waals surface area contributed by atoms with Crippen molar-refractivity contribution in [2.24, 2.45) is 0 Å². The largest absolute Gasteiger partial charge is 0.493 e. The summed E-state index contributed by atoms with van der Waals surface area (Å²) in [6.45, 7) is 0.638. The Morgan fingerprint density at radius 1 is 1.19 bits per heavy atom. The van der Waals surface area contributed by atoms with Crippen LogP contribution in [0.4, 0.5) is 0 Å². The van der Waals surface area contributed by atoms with E-state index in [0.717, 1.165) is 28.5 Å². The number of ether oxygens (including phenoxy) is 1. The number of carbonyl (C=O) groups is 2. The number of Topliss-reactive ketones (excluding diaryl/α,β-unsaturated/α-hetero) is 2. The molecule has 7 heteroatoms. The predicted octanol–water partition coefficient (Wildman–Crippen LogP) is 2.08. The van der Waals surface area contributed by atoms with Crippen LogP contribution in [0.15, 0.2) is 47.4 Å². The van der Waals surface area contributed by atoms with Crippen LogP contribution in [0.1, 0.15) is 32.7 Å². The topological polar surface area (TPSA) is 80.8 Å². The van der Waals surface area contributed by atoms with Crippen LogP contribution in [0.5, 0.6) is 5.75 Å². The molecule has 0 N–H and O–H groups in total. The molecule has 1 unspecified atom stereocenters. The second-order valence-corrected chi connectivity index (χ2v) is 8.39. The molecule has 1 atom stereocenters. The zero-order valence-corrected chi connectivity index (χ0v) is 15.0. The fraction of sp³-hybridized carbons (Fsp3) is 0.263. The van der Waals surface area contributed by atoms with Crippen molar-refractivity contribution in [3.63, 3.8) is 0 Å². The van der Waals surface area contributed by atoms with Crippen LogP contribution >= 0.6 is 0 Å². The number of nitrogens with zero attached hydrogens (tertiary/aromatic N) is 1. The molecule has 2 heterocycles. The molecule has 134 valence electrons. The first kappa shape index (κ1) is 16.9. The molecule has 0 saturated heterocycles. The molecule has 0 amide bonds. The van der Waals surface area contributed by atoms with Gasteiger partial charge < -0.3 is 4.74 Å². The molecule has 6 nitrogen and oxygen atoms in total. The molecule has 0 aromatic heterocycles. The SMILES string of the molecule is CN1C(C(=O)c2ccc3c(c2)CCCO3)C(=O)c2ccccc2S1(=O)=O. The van der Waals surface area contributed by atoms with Gasteiger partial charge in [-0.1, -0.05) is 12.1 Å². The van der Waals surface area contributed by atoms with Crippen molar-refractivity contribution in [3.8, 4) is 5.75 Å². The number of ketones is 2. The number of carbonyl (C=O) groups excluding carboxylic acids is 2. The summed E-state index contributed by atoms with van der Waals surface area (Å²) >= 11 is 0. The number of aryl methyl sites for hydroxylation is 1. The maximum atomic E-state index is 13.0. The quantitative estimate of drug-likeness (QED) is 0.596. The summed E-state index contributed by atoms with van der Waals surface area (Å²) in [4.78, 5) is 25.8.